The molecule has 0 N–H and O–H groups in total. The first-order valence-corrected chi connectivity index (χ1v) is 9.71. The van der Waals surface area contributed by atoms with Gasteiger partial charge in [-0.25, -0.2) is 13.8 Å². The fourth-order valence-electron chi connectivity index (χ4n) is 3.58. The molecule has 3 rings (SSSR count). The van der Waals surface area contributed by atoms with Crippen molar-refractivity contribution in [2.75, 3.05) is 26.9 Å². The van der Waals surface area contributed by atoms with Gasteiger partial charge in [0, 0.05) is 23.2 Å². The molecule has 0 spiro atoms. The number of ether oxygens (including phenoxy) is 2. The molecule has 158 valence electrons. The number of hydrogen-bond donors (Lipinski definition) is 0. The van der Waals surface area contributed by atoms with Gasteiger partial charge in [0.25, 0.3) is 0 Å². The number of esters is 1. The van der Waals surface area contributed by atoms with E-state index in [1.165, 1.54) is 19.2 Å². The zero-order chi connectivity index (χ0) is 21.5. The summed E-state index contributed by atoms with van der Waals surface area (Å²) in [6.07, 6.45) is 1.46. The van der Waals surface area contributed by atoms with E-state index in [9.17, 15) is 13.6 Å². The molecule has 2 aromatic rings. The molecule has 1 saturated heterocycles. The minimum Gasteiger partial charge on any atom is -0.473 e. The number of nitriles is 1. The van der Waals surface area contributed by atoms with Crippen LogP contribution in [0, 0.1) is 17.1 Å². The van der Waals surface area contributed by atoms with E-state index in [4.69, 9.17) is 10.00 Å². The number of carbonyl (C=O) groups is 1. The van der Waals surface area contributed by atoms with Crippen LogP contribution in [0.15, 0.2) is 36.4 Å². The van der Waals surface area contributed by atoms with Crippen LogP contribution < -0.4 is 4.74 Å². The van der Waals surface area contributed by atoms with Gasteiger partial charge in [-0.15, -0.1) is 0 Å². The Labute approximate surface area is 174 Å². The van der Waals surface area contributed by atoms with Crippen molar-refractivity contribution >= 4 is 5.97 Å². The smallest absolute Gasteiger partial charge is 0.325 e. The van der Waals surface area contributed by atoms with Gasteiger partial charge in [0.1, 0.15) is 25.1 Å². The Bertz CT molecular complexity index is 924. The molecule has 1 aliphatic heterocycles. The topological polar surface area (TPSA) is 75.4 Å². The summed E-state index contributed by atoms with van der Waals surface area (Å²) in [6, 6.07) is 10.7. The summed E-state index contributed by atoms with van der Waals surface area (Å²) in [5.74, 6) is -0.505. The second kappa shape index (κ2) is 10.1. The lowest BCUT2D eigenvalue weighted by molar-refractivity contribution is -0.148. The Balaban J connectivity index is 1.60. The highest BCUT2D eigenvalue weighted by atomic mass is 19.1. The van der Waals surface area contributed by atoms with Crippen molar-refractivity contribution in [1.82, 2.24) is 9.88 Å². The molecule has 1 aromatic carbocycles. The van der Waals surface area contributed by atoms with Crippen molar-refractivity contribution in [2.24, 2.45) is 0 Å². The predicted octanol–water partition coefficient (Wildman–Crippen LogP) is 3.36. The van der Waals surface area contributed by atoms with Gasteiger partial charge in [0.15, 0.2) is 0 Å². The van der Waals surface area contributed by atoms with Crippen LogP contribution in [0.3, 0.4) is 0 Å². The maximum atomic E-state index is 14.0. The number of methoxy groups -OCH3 is 1. The number of benzene rings is 1. The Morgan fingerprint density at radius 2 is 2.10 bits per heavy atom. The highest BCUT2D eigenvalue weighted by Crippen LogP contribution is 2.29. The van der Waals surface area contributed by atoms with E-state index in [1.807, 2.05) is 18.2 Å². The molecule has 6 nitrogen and oxygen atoms in total. The van der Waals surface area contributed by atoms with Crippen LogP contribution in [0.25, 0.3) is 0 Å². The van der Waals surface area contributed by atoms with Crippen molar-refractivity contribution < 1.29 is 23.0 Å². The van der Waals surface area contributed by atoms with Gasteiger partial charge in [0.05, 0.1) is 18.7 Å². The average molecular weight is 415 g/mol. The number of likely N-dealkylation sites (tertiary alicyclic amines) is 1. The van der Waals surface area contributed by atoms with Crippen LogP contribution in [0.1, 0.15) is 35.6 Å². The van der Waals surface area contributed by atoms with E-state index in [1.54, 1.807) is 17.0 Å². The molecule has 0 aliphatic carbocycles. The lowest BCUT2D eigenvalue weighted by Gasteiger charge is -2.34. The van der Waals surface area contributed by atoms with E-state index in [2.05, 4.69) is 9.72 Å². The number of carbonyl (C=O) groups excluding carboxylic acids is 1. The molecule has 8 heteroatoms. The van der Waals surface area contributed by atoms with Crippen LogP contribution in [0.4, 0.5) is 8.78 Å². The van der Waals surface area contributed by atoms with E-state index < -0.39 is 24.5 Å². The monoisotopic (exact) mass is 415 g/mol. The Hall–Kier alpha value is -3.05. The summed E-state index contributed by atoms with van der Waals surface area (Å²) in [5.41, 5.74) is 1.45. The summed E-state index contributed by atoms with van der Waals surface area (Å²) in [4.78, 5) is 18.0. The first-order valence-electron chi connectivity index (χ1n) is 9.71. The van der Waals surface area contributed by atoms with E-state index in [0.717, 1.165) is 18.5 Å². The van der Waals surface area contributed by atoms with Crippen LogP contribution >= 0.6 is 0 Å². The molecular formula is C22H23F2N3O3. The van der Waals surface area contributed by atoms with Crippen LogP contribution in [0.2, 0.25) is 0 Å². The van der Waals surface area contributed by atoms with Crippen molar-refractivity contribution in [3.05, 3.63) is 59.0 Å². The third kappa shape index (κ3) is 5.10. The standard InChI is InChI=1S/C22H23F2N3O3/c1-29-22(28)20(12-23)27-9-7-16(8-10-27)19-3-2-4-21(26-19)30-14-17-6-5-15(13-25)11-18(17)24/h2-6,11,16,20H,7-10,12,14H2,1H3. The first kappa shape index (κ1) is 21.7. The maximum Gasteiger partial charge on any atom is 0.325 e. The second-order valence-corrected chi connectivity index (χ2v) is 7.11. The van der Waals surface area contributed by atoms with Crippen LogP contribution in [-0.4, -0.2) is 48.8 Å². The number of piperidine rings is 1. The zero-order valence-corrected chi connectivity index (χ0v) is 16.7. The molecule has 0 saturated carbocycles. The molecule has 1 atom stereocenters. The van der Waals surface area contributed by atoms with Gasteiger partial charge in [-0.2, -0.15) is 5.26 Å². The summed E-state index contributed by atoms with van der Waals surface area (Å²) < 4.78 is 37.6. The number of pyridine rings is 1. The van der Waals surface area contributed by atoms with Crippen molar-refractivity contribution in [2.45, 2.75) is 31.4 Å². The minimum absolute atomic E-state index is 0.00372. The van der Waals surface area contributed by atoms with Gasteiger partial charge in [-0.3, -0.25) is 9.69 Å². The number of aromatic nitrogens is 1. The van der Waals surface area contributed by atoms with Crippen LogP contribution in [0.5, 0.6) is 5.88 Å². The summed E-state index contributed by atoms with van der Waals surface area (Å²) >= 11 is 0. The van der Waals surface area contributed by atoms with Gasteiger partial charge >= 0.3 is 5.97 Å². The Morgan fingerprint density at radius 3 is 2.73 bits per heavy atom. The first-order chi connectivity index (χ1) is 14.5. The molecular weight excluding hydrogens is 392 g/mol. The molecule has 2 heterocycles. The SMILES string of the molecule is COC(=O)C(CF)N1CCC(c2cccc(OCc3ccc(C#N)cc3F)n2)CC1. The Morgan fingerprint density at radius 1 is 1.33 bits per heavy atom. The normalized spacial score (nSPS) is 15.9. The molecule has 30 heavy (non-hydrogen) atoms. The third-order valence-electron chi connectivity index (χ3n) is 5.31. The Kier molecular flexibility index (Phi) is 7.31. The lowest BCUT2D eigenvalue weighted by Crippen LogP contribution is -2.47. The molecule has 1 aliphatic rings. The molecule has 1 fully saturated rings. The predicted molar refractivity (Wildman–Crippen MR) is 105 cm³/mol. The van der Waals surface area contributed by atoms with E-state index >= 15 is 0 Å². The number of halogens is 2. The number of alkyl halides is 1. The van der Waals surface area contributed by atoms with E-state index in [-0.39, 0.29) is 18.1 Å². The molecule has 1 unspecified atom stereocenters. The third-order valence-corrected chi connectivity index (χ3v) is 5.31. The molecule has 0 bridgehead atoms. The maximum absolute atomic E-state index is 14.0. The molecule has 0 radical (unpaired) electrons. The zero-order valence-electron chi connectivity index (χ0n) is 16.7. The fourth-order valence-corrected chi connectivity index (χ4v) is 3.58. The fraction of sp³-hybridized carbons (Fsp3) is 0.409. The van der Waals surface area contributed by atoms with Crippen LogP contribution in [-0.2, 0) is 16.1 Å². The second-order valence-electron chi connectivity index (χ2n) is 7.11. The highest BCUT2D eigenvalue weighted by molar-refractivity contribution is 5.75. The molecule has 1 aromatic heterocycles. The lowest BCUT2D eigenvalue weighted by atomic mass is 9.92. The summed E-state index contributed by atoms with van der Waals surface area (Å²) in [6.45, 7) is 0.365. The van der Waals surface area contributed by atoms with Gasteiger partial charge < -0.3 is 9.47 Å². The summed E-state index contributed by atoms with van der Waals surface area (Å²) in [5, 5.41) is 8.81. The van der Waals surface area contributed by atoms with Gasteiger partial charge in [-0.1, -0.05) is 12.1 Å². The quantitative estimate of drug-likeness (QED) is 0.646. The van der Waals surface area contributed by atoms with Crippen molar-refractivity contribution in [3.63, 3.8) is 0 Å². The van der Waals surface area contributed by atoms with Crippen molar-refractivity contribution in [1.29, 1.82) is 5.26 Å². The number of nitrogens with zero attached hydrogens (tertiary/aromatic N) is 3. The molecule has 0 amide bonds. The largest absolute Gasteiger partial charge is 0.473 e. The van der Waals surface area contributed by atoms with Gasteiger partial charge in [-0.05, 0) is 44.1 Å². The highest BCUT2D eigenvalue weighted by Gasteiger charge is 2.31. The minimum atomic E-state index is -0.860. The van der Waals surface area contributed by atoms with Gasteiger partial charge in [0.2, 0.25) is 5.88 Å². The van der Waals surface area contributed by atoms with E-state index in [0.29, 0.717) is 24.5 Å². The average Bonchev–Trinajstić information content (AvgIpc) is 2.79. The van der Waals surface area contributed by atoms with Crippen molar-refractivity contribution in [3.8, 4) is 11.9 Å². The summed E-state index contributed by atoms with van der Waals surface area (Å²) in [7, 11) is 1.26. The number of hydrogen-bond acceptors (Lipinski definition) is 6. The number of rotatable bonds is 7.